The van der Waals surface area contributed by atoms with E-state index in [2.05, 4.69) is 39.2 Å². The van der Waals surface area contributed by atoms with E-state index in [1.807, 2.05) is 64.7 Å². The number of furan rings is 1. The molecule has 34 heavy (non-hydrogen) atoms. The first-order valence-electron chi connectivity index (χ1n) is 11.2. The van der Waals surface area contributed by atoms with Crippen molar-refractivity contribution < 1.29 is 35.5 Å². The molecule has 2 saturated carbocycles. The number of carbonyl (C=O) groups excluding carboxylic acids is 2. The van der Waals surface area contributed by atoms with E-state index in [0.29, 0.717) is 11.5 Å². The van der Waals surface area contributed by atoms with Crippen LogP contribution in [0.4, 0.5) is 0 Å². The molecule has 1 N–H and O–H groups in total. The number of rotatable bonds is 6. The Balaban J connectivity index is 0.000000603. The van der Waals surface area contributed by atoms with Crippen molar-refractivity contribution in [1.82, 2.24) is 5.32 Å². The van der Waals surface area contributed by atoms with Gasteiger partial charge in [-0.15, -0.1) is 0 Å². The third-order valence-corrected chi connectivity index (χ3v) is 11.9. The summed E-state index contributed by atoms with van der Waals surface area (Å²) in [5.41, 5.74) is 0. The summed E-state index contributed by atoms with van der Waals surface area (Å²) >= 11 is 1.09. The molecule has 3 fully saturated rings. The normalized spacial score (nSPS) is 23.9. The number of hydrogen-bond donors (Lipinski definition) is 1. The number of thioether (sulfide) groups is 1. The van der Waals surface area contributed by atoms with Gasteiger partial charge in [-0.3, -0.25) is 9.59 Å². The molecule has 1 aromatic heterocycles. The zero-order chi connectivity index (χ0) is 24.2. The fourth-order valence-corrected chi connectivity index (χ4v) is 5.83. The minimum absolute atomic E-state index is 0. The SMILES string of the molecule is C[C@@H](O[Si](C)(C)C(C)(C)C)[C@H]1C(=O)N[C@@H]1SC(=O)c1ccc([C]2[CH][CH][CH][CH]2)o1.[CH]1[CH][CH][CH][CH]1.[Fe+2]. The molecule has 4 rings (SSSR count). The Bertz CT molecular complexity index is 804. The largest absolute Gasteiger partial charge is 2.00 e. The third-order valence-electron chi connectivity index (χ3n) is 6.25. The van der Waals surface area contributed by atoms with Crippen LogP contribution in [-0.4, -0.2) is 30.8 Å². The maximum Gasteiger partial charge on any atom is 2.00 e. The fourth-order valence-electron chi connectivity index (χ4n) is 3.28. The number of nitrogens with one attached hydrogen (secondary N) is 1. The van der Waals surface area contributed by atoms with Crippen LogP contribution < -0.4 is 5.32 Å². The Morgan fingerprint density at radius 3 is 2.12 bits per heavy atom. The van der Waals surface area contributed by atoms with Crippen LogP contribution in [0.25, 0.3) is 0 Å². The van der Waals surface area contributed by atoms with Crippen LogP contribution in [0.15, 0.2) is 16.5 Å². The van der Waals surface area contributed by atoms with Crippen LogP contribution in [0.1, 0.15) is 44.0 Å². The van der Waals surface area contributed by atoms with E-state index < -0.39 is 8.32 Å². The Morgan fingerprint density at radius 1 is 1.06 bits per heavy atom. The van der Waals surface area contributed by atoms with Crippen LogP contribution in [0, 0.1) is 69.6 Å². The number of hydrogen-bond acceptors (Lipinski definition) is 5. The van der Waals surface area contributed by atoms with Crippen molar-refractivity contribution in [1.29, 1.82) is 0 Å². The van der Waals surface area contributed by atoms with Gasteiger partial charge in [-0.2, -0.15) is 0 Å². The number of amides is 1. The van der Waals surface area contributed by atoms with Gasteiger partial charge in [0.2, 0.25) is 5.91 Å². The van der Waals surface area contributed by atoms with Gasteiger partial charge in [0.25, 0.3) is 5.12 Å². The molecule has 1 aromatic rings. The molecular formula is C26H33FeNO4SSi+2. The summed E-state index contributed by atoms with van der Waals surface area (Å²) < 4.78 is 12.1. The van der Waals surface area contributed by atoms with Gasteiger partial charge in [0, 0.05) is 5.92 Å². The van der Waals surface area contributed by atoms with E-state index in [1.54, 1.807) is 12.1 Å². The number of β-lactam (4-membered cyclic amide) rings is 1. The first-order valence-corrected chi connectivity index (χ1v) is 15.0. The van der Waals surface area contributed by atoms with Crippen molar-refractivity contribution in [2.45, 2.75) is 57.3 Å². The summed E-state index contributed by atoms with van der Waals surface area (Å²) in [6, 6.07) is 3.48. The molecule has 0 bridgehead atoms. The zero-order valence-electron chi connectivity index (χ0n) is 20.5. The molecule has 3 atom stereocenters. The van der Waals surface area contributed by atoms with E-state index in [1.165, 1.54) is 0 Å². The van der Waals surface area contributed by atoms with E-state index >= 15 is 0 Å². The summed E-state index contributed by atoms with van der Waals surface area (Å²) in [6.45, 7) is 12.8. The zero-order valence-corrected chi connectivity index (χ0v) is 23.4. The van der Waals surface area contributed by atoms with Crippen molar-refractivity contribution >= 4 is 31.1 Å². The minimum Gasteiger partial charge on any atom is -0.456 e. The van der Waals surface area contributed by atoms with Crippen LogP contribution in [0.5, 0.6) is 0 Å². The molecule has 1 aliphatic heterocycles. The van der Waals surface area contributed by atoms with Gasteiger partial charge in [0.05, 0.1) is 17.4 Å². The Hall–Kier alpha value is -0.534. The second kappa shape index (κ2) is 12.6. The Labute approximate surface area is 221 Å². The summed E-state index contributed by atoms with van der Waals surface area (Å²) in [6.07, 6.45) is 17.5. The average molecular weight is 540 g/mol. The molecule has 1 saturated heterocycles. The molecule has 2 heterocycles. The fraction of sp³-hybridized carbons (Fsp3) is 0.385. The molecule has 10 radical (unpaired) electrons. The van der Waals surface area contributed by atoms with Gasteiger partial charge in [-0.25, -0.2) is 0 Å². The molecule has 8 heteroatoms. The van der Waals surface area contributed by atoms with Crippen molar-refractivity contribution in [3.8, 4) is 0 Å². The second-order valence-corrected chi connectivity index (χ2v) is 15.6. The Morgan fingerprint density at radius 2 is 1.62 bits per heavy atom. The summed E-state index contributed by atoms with van der Waals surface area (Å²) in [4.78, 5) is 24.8. The number of carbonyl (C=O) groups is 2. The average Bonchev–Trinajstić information content (AvgIpc) is 3.50. The maximum atomic E-state index is 12.6. The van der Waals surface area contributed by atoms with E-state index in [0.717, 1.165) is 17.7 Å². The summed E-state index contributed by atoms with van der Waals surface area (Å²) in [5, 5.41) is 2.40. The van der Waals surface area contributed by atoms with Crippen LogP contribution in [0.3, 0.4) is 0 Å². The van der Waals surface area contributed by atoms with E-state index in [9.17, 15) is 9.59 Å². The van der Waals surface area contributed by atoms with Crippen molar-refractivity contribution in [2.75, 3.05) is 0 Å². The topological polar surface area (TPSA) is 68.5 Å². The van der Waals surface area contributed by atoms with Crippen LogP contribution >= 0.6 is 11.8 Å². The van der Waals surface area contributed by atoms with Crippen molar-refractivity contribution in [3.05, 3.63) is 87.4 Å². The molecule has 0 spiro atoms. The molecule has 3 aliphatic rings. The first kappa shape index (κ1) is 29.7. The molecule has 5 nitrogen and oxygen atoms in total. The monoisotopic (exact) mass is 539 g/mol. The molecule has 182 valence electrons. The molecule has 0 unspecified atom stereocenters. The summed E-state index contributed by atoms with van der Waals surface area (Å²) in [7, 11) is -2.00. The molecule has 2 aliphatic carbocycles. The third kappa shape index (κ3) is 7.49. The minimum atomic E-state index is -2.00. The van der Waals surface area contributed by atoms with Crippen LogP contribution in [-0.2, 0) is 26.3 Å². The van der Waals surface area contributed by atoms with Crippen molar-refractivity contribution in [2.24, 2.45) is 5.92 Å². The second-order valence-electron chi connectivity index (χ2n) is 9.74. The van der Waals surface area contributed by atoms with Gasteiger partial charge in [0.15, 0.2) is 14.1 Å². The maximum absolute atomic E-state index is 12.6. The quantitative estimate of drug-likeness (QED) is 0.387. The predicted molar refractivity (Wildman–Crippen MR) is 135 cm³/mol. The van der Waals surface area contributed by atoms with Crippen molar-refractivity contribution in [3.63, 3.8) is 0 Å². The van der Waals surface area contributed by atoms with Gasteiger partial charge in [0.1, 0.15) is 5.76 Å². The summed E-state index contributed by atoms with van der Waals surface area (Å²) in [5.74, 6) is 1.49. The van der Waals surface area contributed by atoms with Gasteiger partial charge in [-0.1, -0.05) is 32.5 Å². The van der Waals surface area contributed by atoms with Gasteiger partial charge in [-0.05, 0) is 95.0 Å². The van der Waals surface area contributed by atoms with E-state index in [4.69, 9.17) is 8.84 Å². The van der Waals surface area contributed by atoms with Gasteiger partial charge < -0.3 is 14.2 Å². The smallest absolute Gasteiger partial charge is 0.456 e. The first-order chi connectivity index (χ1) is 15.5. The van der Waals surface area contributed by atoms with Gasteiger partial charge >= 0.3 is 17.1 Å². The molecule has 1 amide bonds. The standard InChI is InChI=1S/C21H28NO4SSi.C5H5.Fe/c1-13(26-28(5,6)21(2,3)4)17-18(23)22-19(17)27-20(24)16-12-11-15(25-16)14-9-7-8-10-14;1-2-4-5-3-1;/h7-13,17,19H,1-6H3,(H,22,23);1-5H;/q;;+2/t13-,17+,19-;;/m1../s1. The Kier molecular flexibility index (Phi) is 11.0. The molecule has 0 aromatic carbocycles. The predicted octanol–water partition coefficient (Wildman–Crippen LogP) is 5.41. The molecular weight excluding hydrogens is 506 g/mol. The van der Waals surface area contributed by atoms with Crippen LogP contribution in [0.2, 0.25) is 18.1 Å². The van der Waals surface area contributed by atoms with E-state index in [-0.39, 0.29) is 50.5 Å².